The number of rotatable bonds is 9. The Morgan fingerprint density at radius 1 is 1.29 bits per heavy atom. The Kier molecular flexibility index (Phi) is 8.09. The van der Waals surface area contributed by atoms with E-state index >= 15 is 0 Å². The average Bonchev–Trinajstić information content (AvgIpc) is 2.45. The lowest BCUT2D eigenvalue weighted by atomic mass is 10.1. The van der Waals surface area contributed by atoms with Crippen LogP contribution in [0, 0.1) is 0 Å². The maximum absolute atomic E-state index is 9.04. The summed E-state index contributed by atoms with van der Waals surface area (Å²) in [4.78, 5) is 2.27. The molecule has 0 amide bonds. The molecule has 0 aliphatic rings. The lowest BCUT2D eigenvalue weighted by Gasteiger charge is -2.29. The molecular formula is C17H29ClN2O. The number of anilines is 1. The topological polar surface area (TPSA) is 35.5 Å². The summed E-state index contributed by atoms with van der Waals surface area (Å²) < 4.78 is 0. The molecule has 1 aromatic carbocycles. The zero-order chi connectivity index (χ0) is 15.8. The summed E-state index contributed by atoms with van der Waals surface area (Å²) in [5.41, 5.74) is 2.26. The molecule has 2 N–H and O–H groups in total. The van der Waals surface area contributed by atoms with E-state index in [1.165, 1.54) is 0 Å². The fourth-order valence-electron chi connectivity index (χ4n) is 2.44. The molecule has 0 bridgehead atoms. The first-order valence-electron chi connectivity index (χ1n) is 7.91. The molecule has 4 heteroatoms. The van der Waals surface area contributed by atoms with E-state index in [0.717, 1.165) is 42.2 Å². The highest BCUT2D eigenvalue weighted by Gasteiger charge is 2.14. The number of hydrogen-bond donors (Lipinski definition) is 2. The van der Waals surface area contributed by atoms with Gasteiger partial charge in [-0.25, -0.2) is 0 Å². The van der Waals surface area contributed by atoms with E-state index in [9.17, 15) is 0 Å². The summed E-state index contributed by atoms with van der Waals surface area (Å²) in [5.74, 6) is 0. The first-order chi connectivity index (χ1) is 10.0. The molecule has 0 saturated heterocycles. The molecule has 1 atom stereocenters. The third-order valence-electron chi connectivity index (χ3n) is 3.66. The van der Waals surface area contributed by atoms with Crippen molar-refractivity contribution >= 4 is 17.3 Å². The first kappa shape index (κ1) is 18.3. The normalized spacial score (nSPS) is 12.7. The number of aliphatic hydroxyl groups excluding tert-OH is 1. The molecular weight excluding hydrogens is 284 g/mol. The van der Waals surface area contributed by atoms with Crippen LogP contribution in [-0.2, 0) is 0 Å². The minimum atomic E-state index is 0.215. The van der Waals surface area contributed by atoms with E-state index < -0.39 is 0 Å². The molecule has 1 unspecified atom stereocenters. The fourth-order valence-corrected chi connectivity index (χ4v) is 2.78. The monoisotopic (exact) mass is 312 g/mol. The van der Waals surface area contributed by atoms with E-state index in [2.05, 4.69) is 50.0 Å². The van der Waals surface area contributed by atoms with E-state index in [-0.39, 0.29) is 12.6 Å². The zero-order valence-electron chi connectivity index (χ0n) is 13.7. The highest BCUT2D eigenvalue weighted by atomic mass is 35.5. The van der Waals surface area contributed by atoms with Crippen LogP contribution < -0.4 is 10.2 Å². The average molecular weight is 313 g/mol. The molecule has 0 spiro atoms. The zero-order valence-corrected chi connectivity index (χ0v) is 14.5. The van der Waals surface area contributed by atoms with Crippen molar-refractivity contribution in [1.29, 1.82) is 0 Å². The molecule has 0 radical (unpaired) electrons. The Labute approximate surface area is 134 Å². The van der Waals surface area contributed by atoms with Gasteiger partial charge in [0.05, 0.1) is 0 Å². The van der Waals surface area contributed by atoms with Gasteiger partial charge in [0, 0.05) is 35.9 Å². The SMILES string of the molecule is CCCNC(C)c1ccc(N(CCCO)C(C)C)cc1Cl. The number of aliphatic hydroxyl groups is 1. The lowest BCUT2D eigenvalue weighted by molar-refractivity contribution is 0.288. The highest BCUT2D eigenvalue weighted by molar-refractivity contribution is 6.31. The second-order valence-corrected chi connectivity index (χ2v) is 6.15. The van der Waals surface area contributed by atoms with Gasteiger partial charge in [-0.15, -0.1) is 0 Å². The molecule has 120 valence electrons. The molecule has 21 heavy (non-hydrogen) atoms. The Morgan fingerprint density at radius 3 is 2.52 bits per heavy atom. The molecule has 0 aromatic heterocycles. The van der Waals surface area contributed by atoms with Crippen LogP contribution >= 0.6 is 11.6 Å². The van der Waals surface area contributed by atoms with Gasteiger partial charge in [-0.1, -0.05) is 24.6 Å². The minimum absolute atomic E-state index is 0.215. The van der Waals surface area contributed by atoms with Gasteiger partial charge in [-0.05, 0) is 57.9 Å². The van der Waals surface area contributed by atoms with Crippen LogP contribution in [0.2, 0.25) is 5.02 Å². The molecule has 0 heterocycles. The Bertz CT molecular complexity index is 423. The maximum atomic E-state index is 9.04. The van der Waals surface area contributed by atoms with Crippen molar-refractivity contribution in [2.24, 2.45) is 0 Å². The van der Waals surface area contributed by atoms with Crippen molar-refractivity contribution < 1.29 is 5.11 Å². The Hall–Kier alpha value is -0.770. The number of nitrogens with one attached hydrogen (secondary N) is 1. The molecule has 0 fully saturated rings. The van der Waals surface area contributed by atoms with Gasteiger partial charge in [-0.3, -0.25) is 0 Å². The van der Waals surface area contributed by atoms with E-state index in [1.54, 1.807) is 0 Å². The van der Waals surface area contributed by atoms with Crippen molar-refractivity contribution in [3.8, 4) is 0 Å². The van der Waals surface area contributed by atoms with Crippen LogP contribution in [0.15, 0.2) is 18.2 Å². The summed E-state index contributed by atoms with van der Waals surface area (Å²) in [6.45, 7) is 10.7. The molecule has 0 saturated carbocycles. The molecule has 1 aromatic rings. The standard InChI is InChI=1S/C17H29ClN2O/c1-5-9-19-14(4)16-8-7-15(12-17(16)18)20(13(2)3)10-6-11-21/h7-8,12-14,19,21H,5-6,9-11H2,1-4H3. The summed E-state index contributed by atoms with van der Waals surface area (Å²) in [6, 6.07) is 6.92. The number of nitrogens with zero attached hydrogens (tertiary/aromatic N) is 1. The number of halogens is 1. The van der Waals surface area contributed by atoms with Gasteiger partial charge in [-0.2, -0.15) is 0 Å². The smallest absolute Gasteiger partial charge is 0.0474 e. The Morgan fingerprint density at radius 2 is 2.00 bits per heavy atom. The van der Waals surface area contributed by atoms with Gasteiger partial charge in [0.2, 0.25) is 0 Å². The summed E-state index contributed by atoms with van der Waals surface area (Å²) in [7, 11) is 0. The predicted molar refractivity (Wildman–Crippen MR) is 92.3 cm³/mol. The summed E-state index contributed by atoms with van der Waals surface area (Å²) >= 11 is 6.47. The molecule has 0 aliphatic heterocycles. The van der Waals surface area contributed by atoms with Crippen LogP contribution in [-0.4, -0.2) is 30.8 Å². The highest BCUT2D eigenvalue weighted by Crippen LogP contribution is 2.29. The van der Waals surface area contributed by atoms with Gasteiger partial charge >= 0.3 is 0 Å². The van der Waals surface area contributed by atoms with Gasteiger partial charge in [0.25, 0.3) is 0 Å². The van der Waals surface area contributed by atoms with Crippen LogP contribution in [0.3, 0.4) is 0 Å². The second kappa shape index (κ2) is 9.29. The van der Waals surface area contributed by atoms with Gasteiger partial charge in [0.15, 0.2) is 0 Å². The van der Waals surface area contributed by atoms with E-state index in [1.807, 2.05) is 6.07 Å². The third-order valence-corrected chi connectivity index (χ3v) is 3.99. The van der Waals surface area contributed by atoms with Crippen LogP contribution in [0.4, 0.5) is 5.69 Å². The van der Waals surface area contributed by atoms with Gasteiger partial charge in [0.1, 0.15) is 0 Å². The largest absolute Gasteiger partial charge is 0.396 e. The maximum Gasteiger partial charge on any atom is 0.0474 e. The summed E-state index contributed by atoms with van der Waals surface area (Å²) in [6.07, 6.45) is 1.88. The van der Waals surface area contributed by atoms with Crippen molar-refractivity contribution in [2.75, 3.05) is 24.6 Å². The van der Waals surface area contributed by atoms with E-state index in [4.69, 9.17) is 16.7 Å². The van der Waals surface area contributed by atoms with Crippen LogP contribution in [0.5, 0.6) is 0 Å². The third kappa shape index (κ3) is 5.50. The number of benzene rings is 1. The molecule has 0 aliphatic carbocycles. The van der Waals surface area contributed by atoms with E-state index in [0.29, 0.717) is 6.04 Å². The minimum Gasteiger partial charge on any atom is -0.396 e. The van der Waals surface area contributed by atoms with Crippen molar-refractivity contribution in [3.63, 3.8) is 0 Å². The van der Waals surface area contributed by atoms with Crippen molar-refractivity contribution in [1.82, 2.24) is 5.32 Å². The number of hydrogen-bond acceptors (Lipinski definition) is 3. The Balaban J connectivity index is 2.88. The lowest BCUT2D eigenvalue weighted by Crippen LogP contribution is -2.32. The van der Waals surface area contributed by atoms with Gasteiger partial charge < -0.3 is 15.3 Å². The fraction of sp³-hybridized carbons (Fsp3) is 0.647. The second-order valence-electron chi connectivity index (χ2n) is 5.75. The first-order valence-corrected chi connectivity index (χ1v) is 8.29. The predicted octanol–water partition coefficient (Wildman–Crippen LogP) is 4.00. The van der Waals surface area contributed by atoms with Crippen LogP contribution in [0.25, 0.3) is 0 Å². The molecule has 3 nitrogen and oxygen atoms in total. The van der Waals surface area contributed by atoms with Crippen molar-refractivity contribution in [3.05, 3.63) is 28.8 Å². The molecule has 1 rings (SSSR count). The van der Waals surface area contributed by atoms with Crippen LogP contribution in [0.1, 0.15) is 52.1 Å². The van der Waals surface area contributed by atoms with Crippen molar-refractivity contribution in [2.45, 2.75) is 52.6 Å². The summed E-state index contributed by atoms with van der Waals surface area (Å²) in [5, 5.41) is 13.3. The quantitative estimate of drug-likeness (QED) is 0.723.